The quantitative estimate of drug-likeness (QED) is 0.766. The predicted octanol–water partition coefficient (Wildman–Crippen LogP) is 1.12. The highest BCUT2D eigenvalue weighted by molar-refractivity contribution is 5.73. The molecule has 94 valence electrons. The van der Waals surface area contributed by atoms with Gasteiger partial charge in [0.2, 0.25) is 0 Å². The third-order valence-corrected chi connectivity index (χ3v) is 3.22. The molecule has 0 aliphatic carbocycles. The van der Waals surface area contributed by atoms with Crippen LogP contribution < -0.4 is 0 Å². The topological polar surface area (TPSA) is 43.8 Å². The fourth-order valence-corrected chi connectivity index (χ4v) is 2.44. The van der Waals surface area contributed by atoms with Crippen LogP contribution in [-0.2, 0) is 4.79 Å². The van der Waals surface area contributed by atoms with Crippen LogP contribution in [0.1, 0.15) is 27.2 Å². The summed E-state index contributed by atoms with van der Waals surface area (Å²) in [6.45, 7) is 11.1. The lowest BCUT2D eigenvalue weighted by Crippen LogP contribution is -2.54. The van der Waals surface area contributed by atoms with E-state index >= 15 is 0 Å². The molecule has 0 amide bonds. The number of carbonyl (C=O) groups is 1. The number of aliphatic carboxylic acids is 1. The van der Waals surface area contributed by atoms with E-state index in [1.165, 1.54) is 6.42 Å². The van der Waals surface area contributed by atoms with Crippen molar-refractivity contribution in [2.45, 2.75) is 33.2 Å². The van der Waals surface area contributed by atoms with Gasteiger partial charge in [0.25, 0.3) is 0 Å². The number of carboxylic acids is 1. The first-order valence-corrected chi connectivity index (χ1v) is 6.25. The Kier molecular flexibility index (Phi) is 5.22. The van der Waals surface area contributed by atoms with Gasteiger partial charge < -0.3 is 10.0 Å². The zero-order valence-electron chi connectivity index (χ0n) is 10.6. The fourth-order valence-electron chi connectivity index (χ4n) is 2.44. The SMILES string of the molecule is CCCN1CCN(C(C(=O)O)C(C)C)CC1. The van der Waals surface area contributed by atoms with Crippen molar-refractivity contribution in [3.63, 3.8) is 0 Å². The van der Waals surface area contributed by atoms with Crippen molar-refractivity contribution in [1.29, 1.82) is 0 Å². The maximum Gasteiger partial charge on any atom is 0.321 e. The van der Waals surface area contributed by atoms with Crippen LogP contribution in [0.4, 0.5) is 0 Å². The van der Waals surface area contributed by atoms with Gasteiger partial charge in [-0.05, 0) is 18.9 Å². The number of rotatable bonds is 5. The molecule has 4 nitrogen and oxygen atoms in total. The molecule has 0 radical (unpaired) electrons. The number of piperazine rings is 1. The Morgan fingerprint density at radius 1 is 1.25 bits per heavy atom. The lowest BCUT2D eigenvalue weighted by Gasteiger charge is -2.38. The second-order valence-corrected chi connectivity index (χ2v) is 4.90. The molecule has 0 spiro atoms. The van der Waals surface area contributed by atoms with Gasteiger partial charge in [-0.3, -0.25) is 9.69 Å². The average Bonchev–Trinajstić information content (AvgIpc) is 2.20. The van der Waals surface area contributed by atoms with E-state index in [4.69, 9.17) is 0 Å². The van der Waals surface area contributed by atoms with E-state index < -0.39 is 5.97 Å². The highest BCUT2D eigenvalue weighted by Crippen LogP contribution is 2.14. The van der Waals surface area contributed by atoms with Gasteiger partial charge in [-0.15, -0.1) is 0 Å². The molecule has 1 aliphatic rings. The third-order valence-electron chi connectivity index (χ3n) is 3.22. The van der Waals surface area contributed by atoms with Crippen molar-refractivity contribution in [2.24, 2.45) is 5.92 Å². The molecular formula is C12H24N2O2. The van der Waals surface area contributed by atoms with Gasteiger partial charge in [-0.2, -0.15) is 0 Å². The Morgan fingerprint density at radius 2 is 1.81 bits per heavy atom. The average molecular weight is 228 g/mol. The summed E-state index contributed by atoms with van der Waals surface area (Å²) in [5.41, 5.74) is 0. The maximum atomic E-state index is 11.2. The van der Waals surface area contributed by atoms with Gasteiger partial charge in [-0.25, -0.2) is 0 Å². The van der Waals surface area contributed by atoms with Gasteiger partial charge in [0.1, 0.15) is 6.04 Å². The normalized spacial score (nSPS) is 21.2. The summed E-state index contributed by atoms with van der Waals surface area (Å²) in [5, 5.41) is 9.21. The molecule has 1 atom stereocenters. The Bertz CT molecular complexity index is 223. The summed E-state index contributed by atoms with van der Waals surface area (Å²) < 4.78 is 0. The first-order valence-electron chi connectivity index (χ1n) is 6.25. The molecule has 1 fully saturated rings. The molecule has 0 aromatic rings. The van der Waals surface area contributed by atoms with Crippen LogP contribution >= 0.6 is 0 Å². The summed E-state index contributed by atoms with van der Waals surface area (Å²) in [4.78, 5) is 15.7. The van der Waals surface area contributed by atoms with E-state index in [2.05, 4.69) is 16.7 Å². The molecule has 4 heteroatoms. The molecule has 1 N–H and O–H groups in total. The molecular weight excluding hydrogens is 204 g/mol. The van der Waals surface area contributed by atoms with E-state index in [-0.39, 0.29) is 12.0 Å². The molecule has 1 rings (SSSR count). The monoisotopic (exact) mass is 228 g/mol. The van der Waals surface area contributed by atoms with Crippen LogP contribution in [0.25, 0.3) is 0 Å². The van der Waals surface area contributed by atoms with E-state index in [0.29, 0.717) is 0 Å². The molecule has 1 unspecified atom stereocenters. The second-order valence-electron chi connectivity index (χ2n) is 4.90. The standard InChI is InChI=1S/C12H24N2O2/c1-4-5-13-6-8-14(9-7-13)11(10(2)3)12(15)16/h10-11H,4-9H2,1-3H3,(H,15,16). The van der Waals surface area contributed by atoms with Crippen LogP contribution in [0.2, 0.25) is 0 Å². The number of hydrogen-bond donors (Lipinski definition) is 1. The van der Waals surface area contributed by atoms with Crippen LogP contribution in [-0.4, -0.2) is 59.6 Å². The lowest BCUT2D eigenvalue weighted by atomic mass is 10.0. The highest BCUT2D eigenvalue weighted by atomic mass is 16.4. The fraction of sp³-hybridized carbons (Fsp3) is 0.917. The number of hydrogen-bond acceptors (Lipinski definition) is 3. The van der Waals surface area contributed by atoms with Crippen molar-refractivity contribution < 1.29 is 9.90 Å². The molecule has 0 saturated carbocycles. The summed E-state index contributed by atoms with van der Waals surface area (Å²) in [5.74, 6) is -0.505. The Balaban J connectivity index is 2.47. The summed E-state index contributed by atoms with van der Waals surface area (Å²) in [6.07, 6.45) is 1.17. The molecule has 0 aromatic carbocycles. The van der Waals surface area contributed by atoms with Gasteiger partial charge >= 0.3 is 5.97 Å². The Labute approximate surface area is 98.2 Å². The highest BCUT2D eigenvalue weighted by Gasteiger charge is 2.30. The van der Waals surface area contributed by atoms with E-state index in [0.717, 1.165) is 32.7 Å². The van der Waals surface area contributed by atoms with E-state index in [1.54, 1.807) is 0 Å². The smallest absolute Gasteiger partial charge is 0.321 e. The molecule has 1 saturated heterocycles. The Hall–Kier alpha value is -0.610. The van der Waals surface area contributed by atoms with Gasteiger partial charge in [0.15, 0.2) is 0 Å². The van der Waals surface area contributed by atoms with Crippen molar-refractivity contribution in [1.82, 2.24) is 9.80 Å². The predicted molar refractivity (Wildman–Crippen MR) is 64.6 cm³/mol. The first-order chi connectivity index (χ1) is 7.56. The van der Waals surface area contributed by atoms with Crippen molar-refractivity contribution in [2.75, 3.05) is 32.7 Å². The minimum absolute atomic E-state index is 0.176. The van der Waals surface area contributed by atoms with Crippen LogP contribution in [0, 0.1) is 5.92 Å². The summed E-state index contributed by atoms with van der Waals surface area (Å²) >= 11 is 0. The minimum Gasteiger partial charge on any atom is -0.480 e. The van der Waals surface area contributed by atoms with Crippen molar-refractivity contribution >= 4 is 5.97 Å². The molecule has 16 heavy (non-hydrogen) atoms. The largest absolute Gasteiger partial charge is 0.480 e. The van der Waals surface area contributed by atoms with Crippen LogP contribution in [0.3, 0.4) is 0 Å². The van der Waals surface area contributed by atoms with E-state index in [9.17, 15) is 9.90 Å². The van der Waals surface area contributed by atoms with Crippen LogP contribution in [0.15, 0.2) is 0 Å². The summed E-state index contributed by atoms with van der Waals surface area (Å²) in [6, 6.07) is -0.316. The third kappa shape index (κ3) is 3.46. The molecule has 0 bridgehead atoms. The number of carboxylic acid groups (broad SMARTS) is 1. The van der Waals surface area contributed by atoms with Gasteiger partial charge in [0, 0.05) is 26.2 Å². The molecule has 1 heterocycles. The first kappa shape index (κ1) is 13.5. The summed E-state index contributed by atoms with van der Waals surface area (Å²) in [7, 11) is 0. The van der Waals surface area contributed by atoms with Gasteiger partial charge in [0.05, 0.1) is 0 Å². The zero-order chi connectivity index (χ0) is 12.1. The Morgan fingerprint density at radius 3 is 2.19 bits per heavy atom. The maximum absolute atomic E-state index is 11.2. The van der Waals surface area contributed by atoms with Crippen molar-refractivity contribution in [3.05, 3.63) is 0 Å². The van der Waals surface area contributed by atoms with Crippen molar-refractivity contribution in [3.8, 4) is 0 Å². The van der Waals surface area contributed by atoms with Crippen LogP contribution in [0.5, 0.6) is 0 Å². The molecule has 0 aromatic heterocycles. The van der Waals surface area contributed by atoms with E-state index in [1.807, 2.05) is 13.8 Å². The minimum atomic E-state index is -0.682. The van der Waals surface area contributed by atoms with Gasteiger partial charge in [-0.1, -0.05) is 20.8 Å². The molecule has 1 aliphatic heterocycles. The number of nitrogens with zero attached hydrogens (tertiary/aromatic N) is 2. The zero-order valence-corrected chi connectivity index (χ0v) is 10.6. The lowest BCUT2D eigenvalue weighted by molar-refractivity contribution is -0.146. The second kappa shape index (κ2) is 6.21.